The standard InChI is InChI=1S/C22H20F2N2O3/c1-14(16-11-10-15-6-2-3-7-17(15)12-16)26-20(27)13-25-21(28)18-8-4-5-9-19(18)29-22(23)24/h2-12,14,22H,13H2,1H3,(H,25,28)(H,26,27). The van der Waals surface area contributed by atoms with Gasteiger partial charge in [-0.1, -0.05) is 48.5 Å². The topological polar surface area (TPSA) is 67.4 Å². The number of rotatable bonds is 7. The van der Waals surface area contributed by atoms with Crippen LogP contribution in [0, 0.1) is 0 Å². The molecule has 0 radical (unpaired) electrons. The van der Waals surface area contributed by atoms with Crippen LogP contribution in [0.25, 0.3) is 10.8 Å². The molecule has 3 aromatic carbocycles. The Morgan fingerprint density at radius 2 is 1.66 bits per heavy atom. The largest absolute Gasteiger partial charge is 0.434 e. The summed E-state index contributed by atoms with van der Waals surface area (Å²) in [5.41, 5.74) is 0.863. The summed E-state index contributed by atoms with van der Waals surface area (Å²) in [4.78, 5) is 24.4. The first-order valence-electron chi connectivity index (χ1n) is 9.04. The van der Waals surface area contributed by atoms with E-state index in [1.165, 1.54) is 24.3 Å². The Morgan fingerprint density at radius 1 is 0.966 bits per heavy atom. The monoisotopic (exact) mass is 398 g/mol. The van der Waals surface area contributed by atoms with E-state index in [2.05, 4.69) is 15.4 Å². The van der Waals surface area contributed by atoms with Gasteiger partial charge in [0.25, 0.3) is 5.91 Å². The van der Waals surface area contributed by atoms with Crippen LogP contribution in [0.2, 0.25) is 0 Å². The van der Waals surface area contributed by atoms with Crippen molar-refractivity contribution in [2.45, 2.75) is 19.6 Å². The molecule has 1 unspecified atom stereocenters. The second-order valence-corrected chi connectivity index (χ2v) is 6.45. The van der Waals surface area contributed by atoms with E-state index in [-0.39, 0.29) is 23.9 Å². The van der Waals surface area contributed by atoms with Crippen molar-refractivity contribution in [2.24, 2.45) is 0 Å². The number of benzene rings is 3. The first-order valence-corrected chi connectivity index (χ1v) is 9.04. The summed E-state index contributed by atoms with van der Waals surface area (Å²) in [6.45, 7) is -1.50. The van der Waals surface area contributed by atoms with Crippen molar-refractivity contribution in [3.8, 4) is 5.75 Å². The summed E-state index contributed by atoms with van der Waals surface area (Å²) in [6, 6.07) is 19.2. The Balaban J connectivity index is 1.58. The number of para-hydroxylation sites is 1. The van der Waals surface area contributed by atoms with Gasteiger partial charge in [-0.25, -0.2) is 0 Å². The smallest absolute Gasteiger partial charge is 0.387 e. The van der Waals surface area contributed by atoms with Crippen molar-refractivity contribution < 1.29 is 23.1 Å². The van der Waals surface area contributed by atoms with Gasteiger partial charge in [-0.2, -0.15) is 8.78 Å². The number of carbonyl (C=O) groups excluding carboxylic acids is 2. The summed E-state index contributed by atoms with van der Waals surface area (Å²) in [6.07, 6.45) is 0. The van der Waals surface area contributed by atoms with Gasteiger partial charge >= 0.3 is 6.61 Å². The fraction of sp³-hybridized carbons (Fsp3) is 0.182. The van der Waals surface area contributed by atoms with Crippen molar-refractivity contribution in [1.82, 2.24) is 10.6 Å². The number of fused-ring (bicyclic) bond motifs is 1. The minimum Gasteiger partial charge on any atom is -0.434 e. The molecule has 0 aliphatic rings. The number of halogens is 2. The van der Waals surface area contributed by atoms with E-state index < -0.39 is 18.4 Å². The van der Waals surface area contributed by atoms with Gasteiger partial charge < -0.3 is 15.4 Å². The van der Waals surface area contributed by atoms with E-state index in [0.717, 1.165) is 16.3 Å². The van der Waals surface area contributed by atoms with Gasteiger partial charge in [-0.3, -0.25) is 9.59 Å². The summed E-state index contributed by atoms with van der Waals surface area (Å²) >= 11 is 0. The van der Waals surface area contributed by atoms with Crippen LogP contribution in [0.15, 0.2) is 66.7 Å². The minimum atomic E-state index is -3.05. The van der Waals surface area contributed by atoms with Gasteiger partial charge in [0.1, 0.15) is 5.75 Å². The average molecular weight is 398 g/mol. The first-order chi connectivity index (χ1) is 13.9. The van der Waals surface area contributed by atoms with Crippen LogP contribution in [-0.2, 0) is 4.79 Å². The Bertz CT molecular complexity index is 1020. The number of hydrogen-bond donors (Lipinski definition) is 2. The highest BCUT2D eigenvalue weighted by molar-refractivity contribution is 5.98. The molecule has 1 atom stereocenters. The molecule has 0 bridgehead atoms. The number of nitrogens with one attached hydrogen (secondary N) is 2. The lowest BCUT2D eigenvalue weighted by molar-refractivity contribution is -0.120. The van der Waals surface area contributed by atoms with Crippen LogP contribution in [0.3, 0.4) is 0 Å². The van der Waals surface area contributed by atoms with Crippen molar-refractivity contribution in [3.63, 3.8) is 0 Å². The molecule has 0 heterocycles. The molecule has 2 N–H and O–H groups in total. The van der Waals surface area contributed by atoms with Gasteiger partial charge in [0.2, 0.25) is 5.91 Å². The third-order valence-corrected chi connectivity index (χ3v) is 4.41. The van der Waals surface area contributed by atoms with Crippen molar-refractivity contribution in [3.05, 3.63) is 77.9 Å². The Kier molecular flexibility index (Phi) is 6.39. The lowest BCUT2D eigenvalue weighted by Gasteiger charge is -2.16. The van der Waals surface area contributed by atoms with Crippen LogP contribution >= 0.6 is 0 Å². The zero-order chi connectivity index (χ0) is 20.8. The SMILES string of the molecule is CC(NC(=O)CNC(=O)c1ccccc1OC(F)F)c1ccc2ccccc2c1. The minimum absolute atomic E-state index is 0.0665. The predicted octanol–water partition coefficient (Wildman–Crippen LogP) is 4.05. The van der Waals surface area contributed by atoms with E-state index in [1.807, 2.05) is 49.4 Å². The van der Waals surface area contributed by atoms with Crippen molar-refractivity contribution in [1.29, 1.82) is 0 Å². The van der Waals surface area contributed by atoms with Gasteiger partial charge in [-0.05, 0) is 41.5 Å². The molecule has 0 aliphatic carbocycles. The van der Waals surface area contributed by atoms with Crippen LogP contribution in [0.4, 0.5) is 8.78 Å². The third kappa shape index (κ3) is 5.28. The molecule has 0 saturated heterocycles. The van der Waals surface area contributed by atoms with E-state index in [0.29, 0.717) is 0 Å². The van der Waals surface area contributed by atoms with Crippen molar-refractivity contribution in [2.75, 3.05) is 6.54 Å². The molecule has 0 spiro atoms. The molecule has 0 aliphatic heterocycles. The predicted molar refractivity (Wildman–Crippen MR) is 106 cm³/mol. The maximum absolute atomic E-state index is 12.5. The second-order valence-electron chi connectivity index (χ2n) is 6.45. The average Bonchev–Trinajstić information content (AvgIpc) is 2.71. The highest BCUT2D eigenvalue weighted by Gasteiger charge is 2.17. The molecule has 0 aromatic heterocycles. The van der Waals surface area contributed by atoms with E-state index in [1.54, 1.807) is 0 Å². The van der Waals surface area contributed by atoms with Crippen LogP contribution in [-0.4, -0.2) is 25.0 Å². The van der Waals surface area contributed by atoms with E-state index in [9.17, 15) is 18.4 Å². The molecular formula is C22H20F2N2O3. The van der Waals surface area contributed by atoms with Crippen LogP contribution in [0.1, 0.15) is 28.9 Å². The molecular weight excluding hydrogens is 378 g/mol. The van der Waals surface area contributed by atoms with Crippen molar-refractivity contribution >= 4 is 22.6 Å². The zero-order valence-corrected chi connectivity index (χ0v) is 15.7. The van der Waals surface area contributed by atoms with E-state index in [4.69, 9.17) is 0 Å². The number of amides is 2. The fourth-order valence-electron chi connectivity index (χ4n) is 2.96. The highest BCUT2D eigenvalue weighted by Crippen LogP contribution is 2.21. The fourth-order valence-corrected chi connectivity index (χ4v) is 2.96. The number of ether oxygens (including phenoxy) is 1. The molecule has 29 heavy (non-hydrogen) atoms. The Morgan fingerprint density at radius 3 is 2.41 bits per heavy atom. The Labute approximate surface area is 166 Å². The first kappa shape index (κ1) is 20.3. The molecule has 0 fully saturated rings. The summed E-state index contributed by atoms with van der Waals surface area (Å²) in [5.74, 6) is -1.31. The lowest BCUT2D eigenvalue weighted by atomic mass is 10.0. The summed E-state index contributed by atoms with van der Waals surface area (Å²) in [7, 11) is 0. The van der Waals surface area contributed by atoms with Gasteiger partial charge in [0.05, 0.1) is 18.2 Å². The lowest BCUT2D eigenvalue weighted by Crippen LogP contribution is -2.38. The van der Waals surface area contributed by atoms with E-state index >= 15 is 0 Å². The molecule has 150 valence electrons. The quantitative estimate of drug-likeness (QED) is 0.631. The normalized spacial score (nSPS) is 11.9. The maximum Gasteiger partial charge on any atom is 0.387 e. The van der Waals surface area contributed by atoms with Crippen LogP contribution < -0.4 is 15.4 Å². The van der Waals surface area contributed by atoms with Gasteiger partial charge in [-0.15, -0.1) is 0 Å². The molecule has 0 saturated carbocycles. The van der Waals surface area contributed by atoms with Crippen LogP contribution in [0.5, 0.6) is 5.75 Å². The molecule has 3 aromatic rings. The summed E-state index contributed by atoms with van der Waals surface area (Å²) in [5, 5.41) is 7.40. The maximum atomic E-state index is 12.5. The number of carbonyl (C=O) groups is 2. The molecule has 2 amide bonds. The number of hydrogen-bond acceptors (Lipinski definition) is 3. The van der Waals surface area contributed by atoms with Gasteiger partial charge in [0.15, 0.2) is 0 Å². The zero-order valence-electron chi connectivity index (χ0n) is 15.7. The summed E-state index contributed by atoms with van der Waals surface area (Å²) < 4.78 is 29.3. The third-order valence-electron chi connectivity index (χ3n) is 4.41. The number of alkyl halides is 2. The molecule has 5 nitrogen and oxygen atoms in total. The van der Waals surface area contributed by atoms with Gasteiger partial charge in [0, 0.05) is 0 Å². The molecule has 7 heteroatoms. The molecule has 3 rings (SSSR count). The highest BCUT2D eigenvalue weighted by atomic mass is 19.3. The second kappa shape index (κ2) is 9.14. The Hall–Kier alpha value is -3.48.